The van der Waals surface area contributed by atoms with Crippen molar-refractivity contribution in [3.63, 3.8) is 0 Å². The summed E-state index contributed by atoms with van der Waals surface area (Å²) in [6.07, 6.45) is 3.13. The van der Waals surface area contributed by atoms with E-state index < -0.39 is 0 Å². The predicted octanol–water partition coefficient (Wildman–Crippen LogP) is 4.63. The number of anilines is 1. The molecule has 2 N–H and O–H groups in total. The van der Waals surface area contributed by atoms with Crippen molar-refractivity contribution in [1.29, 1.82) is 0 Å². The Balaban J connectivity index is 2.41. The van der Waals surface area contributed by atoms with Crippen LogP contribution in [0.3, 0.4) is 0 Å². The zero-order valence-corrected chi connectivity index (χ0v) is 12.4. The molecule has 0 amide bonds. The van der Waals surface area contributed by atoms with Gasteiger partial charge in [0.05, 0.1) is 21.4 Å². The number of hydrogen-bond donors (Lipinski definition) is 1. The van der Waals surface area contributed by atoms with Crippen molar-refractivity contribution in [3.05, 3.63) is 44.6 Å². The van der Waals surface area contributed by atoms with Crippen molar-refractivity contribution in [2.24, 2.45) is 0 Å². The number of ether oxygens (including phenoxy) is 1. The zero-order chi connectivity index (χ0) is 12.4. The first-order chi connectivity index (χ1) is 8.08. The maximum atomic E-state index is 6.03. The van der Waals surface area contributed by atoms with Gasteiger partial charge in [-0.2, -0.15) is 0 Å². The molecular formula is C11H7Br2ClN2O. The van der Waals surface area contributed by atoms with Crippen molar-refractivity contribution in [2.75, 3.05) is 5.73 Å². The van der Waals surface area contributed by atoms with E-state index in [9.17, 15) is 0 Å². The molecule has 0 aliphatic carbocycles. The highest BCUT2D eigenvalue weighted by atomic mass is 79.9. The minimum atomic E-state index is 0.440. The summed E-state index contributed by atoms with van der Waals surface area (Å²) in [4.78, 5) is 3.93. The highest BCUT2D eigenvalue weighted by Gasteiger charge is 2.10. The summed E-state index contributed by atoms with van der Waals surface area (Å²) >= 11 is 12.7. The van der Waals surface area contributed by atoms with Gasteiger partial charge in [0.1, 0.15) is 5.75 Å². The summed E-state index contributed by atoms with van der Waals surface area (Å²) in [7, 11) is 0. The fourth-order valence-corrected chi connectivity index (χ4v) is 2.14. The van der Waals surface area contributed by atoms with Gasteiger partial charge in [0.15, 0.2) is 5.75 Å². The lowest BCUT2D eigenvalue weighted by Crippen LogP contribution is -1.94. The molecule has 1 aromatic carbocycles. The molecule has 1 aromatic heterocycles. The van der Waals surface area contributed by atoms with Crippen molar-refractivity contribution < 1.29 is 4.74 Å². The van der Waals surface area contributed by atoms with E-state index in [1.807, 2.05) is 6.07 Å². The van der Waals surface area contributed by atoms with Gasteiger partial charge in [0.2, 0.25) is 0 Å². The van der Waals surface area contributed by atoms with Crippen LogP contribution in [0, 0.1) is 0 Å². The van der Waals surface area contributed by atoms with Crippen molar-refractivity contribution >= 4 is 49.1 Å². The molecule has 3 nitrogen and oxygen atoms in total. The first-order valence-corrected chi connectivity index (χ1v) is 6.56. The van der Waals surface area contributed by atoms with Gasteiger partial charge in [0, 0.05) is 10.7 Å². The highest BCUT2D eigenvalue weighted by molar-refractivity contribution is 9.10. The predicted molar refractivity (Wildman–Crippen MR) is 75.6 cm³/mol. The normalized spacial score (nSPS) is 10.3. The van der Waals surface area contributed by atoms with Crippen LogP contribution in [-0.4, -0.2) is 4.98 Å². The number of halogens is 3. The van der Waals surface area contributed by atoms with E-state index in [1.165, 1.54) is 6.20 Å². The molecule has 2 aromatic rings. The maximum Gasteiger partial charge on any atom is 0.167 e. The van der Waals surface area contributed by atoms with E-state index in [1.54, 1.807) is 18.3 Å². The summed E-state index contributed by atoms with van der Waals surface area (Å²) in [5.74, 6) is 1.03. The van der Waals surface area contributed by atoms with Crippen LogP contribution in [0.25, 0.3) is 0 Å². The average molecular weight is 378 g/mol. The summed E-state index contributed by atoms with van der Waals surface area (Å²) < 4.78 is 7.23. The van der Waals surface area contributed by atoms with Gasteiger partial charge < -0.3 is 10.5 Å². The molecule has 6 heteroatoms. The number of hydrogen-bond acceptors (Lipinski definition) is 3. The Morgan fingerprint density at radius 3 is 2.71 bits per heavy atom. The highest BCUT2D eigenvalue weighted by Crippen LogP contribution is 2.37. The molecule has 0 spiro atoms. The van der Waals surface area contributed by atoms with Crippen LogP contribution in [0.2, 0.25) is 5.02 Å². The molecule has 0 aliphatic rings. The summed E-state index contributed by atoms with van der Waals surface area (Å²) in [6, 6.07) is 5.35. The average Bonchev–Trinajstić information content (AvgIpc) is 2.28. The second-order valence-electron chi connectivity index (χ2n) is 3.22. The lowest BCUT2D eigenvalue weighted by molar-refractivity contribution is 0.481. The van der Waals surface area contributed by atoms with Crippen LogP contribution < -0.4 is 10.5 Å². The monoisotopic (exact) mass is 376 g/mol. The smallest absolute Gasteiger partial charge is 0.167 e. The van der Waals surface area contributed by atoms with Gasteiger partial charge in [-0.15, -0.1) is 0 Å². The zero-order valence-electron chi connectivity index (χ0n) is 8.45. The van der Waals surface area contributed by atoms with E-state index in [4.69, 9.17) is 22.1 Å². The lowest BCUT2D eigenvalue weighted by atomic mass is 10.3. The van der Waals surface area contributed by atoms with Crippen LogP contribution in [-0.2, 0) is 0 Å². The molecule has 1 heterocycles. The molecule has 0 saturated heterocycles. The standard InChI is InChI=1S/C11H7Br2ClN2O/c12-6-1-2-8(14)10(3-6)17-11-7(13)4-16-5-9(11)15/h1-5H,15H2. The molecule has 2 rings (SSSR count). The Labute approximate surface area is 120 Å². The van der Waals surface area contributed by atoms with E-state index in [-0.39, 0.29) is 0 Å². The van der Waals surface area contributed by atoms with Crippen LogP contribution in [0.5, 0.6) is 11.5 Å². The number of benzene rings is 1. The van der Waals surface area contributed by atoms with Crippen LogP contribution in [0.1, 0.15) is 0 Å². The van der Waals surface area contributed by atoms with E-state index in [0.717, 1.165) is 4.47 Å². The Kier molecular flexibility index (Phi) is 3.91. The summed E-state index contributed by atoms with van der Waals surface area (Å²) in [5.41, 5.74) is 6.23. The molecule has 0 unspecified atom stereocenters. The maximum absolute atomic E-state index is 6.03. The number of aromatic nitrogens is 1. The van der Waals surface area contributed by atoms with Gasteiger partial charge in [-0.1, -0.05) is 27.5 Å². The minimum absolute atomic E-state index is 0.440. The SMILES string of the molecule is Nc1cncc(Br)c1Oc1cc(Br)ccc1Cl. The van der Waals surface area contributed by atoms with E-state index in [2.05, 4.69) is 36.8 Å². The fraction of sp³-hybridized carbons (Fsp3) is 0. The Morgan fingerprint density at radius 2 is 2.00 bits per heavy atom. The van der Waals surface area contributed by atoms with Crippen LogP contribution >= 0.6 is 43.5 Å². The molecule has 0 bridgehead atoms. The molecule has 0 radical (unpaired) electrons. The first kappa shape index (κ1) is 12.7. The molecule has 0 atom stereocenters. The van der Waals surface area contributed by atoms with Gasteiger partial charge in [0.25, 0.3) is 0 Å². The van der Waals surface area contributed by atoms with Gasteiger partial charge in [-0.3, -0.25) is 4.98 Å². The Morgan fingerprint density at radius 1 is 1.24 bits per heavy atom. The third-order valence-corrected chi connectivity index (χ3v) is 3.36. The Hall–Kier alpha value is -0.780. The minimum Gasteiger partial charge on any atom is -0.452 e. The van der Waals surface area contributed by atoms with E-state index in [0.29, 0.717) is 26.7 Å². The van der Waals surface area contributed by atoms with Gasteiger partial charge in [-0.25, -0.2) is 0 Å². The van der Waals surface area contributed by atoms with Crippen LogP contribution in [0.4, 0.5) is 5.69 Å². The number of rotatable bonds is 2. The topological polar surface area (TPSA) is 48.1 Å². The molecule has 17 heavy (non-hydrogen) atoms. The first-order valence-electron chi connectivity index (χ1n) is 4.60. The number of nitrogen functional groups attached to an aromatic ring is 1. The van der Waals surface area contributed by atoms with Gasteiger partial charge >= 0.3 is 0 Å². The summed E-state index contributed by atoms with van der Waals surface area (Å²) in [5, 5.41) is 0.510. The second-order valence-corrected chi connectivity index (χ2v) is 5.39. The van der Waals surface area contributed by atoms with Gasteiger partial charge in [-0.05, 0) is 34.1 Å². The Bertz CT molecular complexity index is 543. The largest absolute Gasteiger partial charge is 0.452 e. The molecule has 0 saturated carbocycles. The number of nitrogens with two attached hydrogens (primary N) is 1. The molecular weight excluding hydrogens is 371 g/mol. The fourth-order valence-electron chi connectivity index (χ4n) is 1.21. The molecule has 0 fully saturated rings. The van der Waals surface area contributed by atoms with Crippen LogP contribution in [0.15, 0.2) is 39.5 Å². The summed E-state index contributed by atoms with van der Waals surface area (Å²) in [6.45, 7) is 0. The molecule has 88 valence electrons. The number of nitrogens with zero attached hydrogens (tertiary/aromatic N) is 1. The van der Waals surface area contributed by atoms with Crippen molar-refractivity contribution in [1.82, 2.24) is 4.98 Å². The van der Waals surface area contributed by atoms with Crippen molar-refractivity contribution in [3.8, 4) is 11.5 Å². The number of pyridine rings is 1. The second kappa shape index (κ2) is 5.25. The van der Waals surface area contributed by atoms with Crippen molar-refractivity contribution in [2.45, 2.75) is 0 Å². The lowest BCUT2D eigenvalue weighted by Gasteiger charge is -2.11. The molecule has 0 aliphatic heterocycles. The third kappa shape index (κ3) is 2.91. The van der Waals surface area contributed by atoms with E-state index >= 15 is 0 Å². The third-order valence-electron chi connectivity index (χ3n) is 1.99. The quantitative estimate of drug-likeness (QED) is 0.829.